The van der Waals surface area contributed by atoms with E-state index in [4.69, 9.17) is 4.74 Å². The molecule has 64 valence electrons. The zero-order chi connectivity index (χ0) is 8.55. The first-order valence-corrected chi connectivity index (χ1v) is 4.27. The molecule has 2 nitrogen and oxygen atoms in total. The highest BCUT2D eigenvalue weighted by Gasteiger charge is 2.18. The molecule has 1 aliphatic heterocycles. The van der Waals surface area contributed by atoms with Crippen molar-refractivity contribution in [3.8, 4) is 5.75 Å². The molecule has 1 aliphatic rings. The van der Waals surface area contributed by atoms with E-state index in [0.29, 0.717) is 6.10 Å². The SMILES string of the molecule is CNc1ccc2c(c1)CC(C)O2. The van der Waals surface area contributed by atoms with Gasteiger partial charge in [0.25, 0.3) is 0 Å². The van der Waals surface area contributed by atoms with Gasteiger partial charge < -0.3 is 10.1 Å². The van der Waals surface area contributed by atoms with Gasteiger partial charge in [0, 0.05) is 19.2 Å². The predicted octanol–water partition coefficient (Wildman–Crippen LogP) is 2.05. The summed E-state index contributed by atoms with van der Waals surface area (Å²) in [6.45, 7) is 2.10. The third-order valence-electron chi connectivity index (χ3n) is 2.18. The Balaban J connectivity index is 2.35. The van der Waals surface area contributed by atoms with Gasteiger partial charge >= 0.3 is 0 Å². The molecule has 0 aromatic heterocycles. The number of nitrogens with one attached hydrogen (secondary N) is 1. The molecule has 1 unspecified atom stereocenters. The third kappa shape index (κ3) is 1.13. The van der Waals surface area contributed by atoms with Crippen LogP contribution in [0, 0.1) is 0 Å². The van der Waals surface area contributed by atoms with Crippen LogP contribution >= 0.6 is 0 Å². The van der Waals surface area contributed by atoms with Gasteiger partial charge in [-0.1, -0.05) is 0 Å². The maximum absolute atomic E-state index is 5.58. The molecule has 0 aliphatic carbocycles. The Morgan fingerprint density at radius 2 is 2.33 bits per heavy atom. The van der Waals surface area contributed by atoms with Crippen LogP contribution < -0.4 is 10.1 Å². The number of hydrogen-bond donors (Lipinski definition) is 1. The van der Waals surface area contributed by atoms with Crippen LogP contribution in [0.4, 0.5) is 5.69 Å². The standard InChI is InChI=1S/C10H13NO/c1-7-5-8-6-9(11-2)3-4-10(8)12-7/h3-4,6-7,11H,5H2,1-2H3. The van der Waals surface area contributed by atoms with Crippen LogP contribution in [0.5, 0.6) is 5.75 Å². The van der Waals surface area contributed by atoms with Gasteiger partial charge in [0.15, 0.2) is 0 Å². The maximum atomic E-state index is 5.58. The first kappa shape index (κ1) is 7.47. The largest absolute Gasteiger partial charge is 0.490 e. The lowest BCUT2D eigenvalue weighted by atomic mass is 10.1. The van der Waals surface area contributed by atoms with E-state index in [1.54, 1.807) is 0 Å². The number of rotatable bonds is 1. The zero-order valence-electron chi connectivity index (χ0n) is 7.42. The molecule has 12 heavy (non-hydrogen) atoms. The van der Waals surface area contributed by atoms with Crippen molar-refractivity contribution in [2.45, 2.75) is 19.4 Å². The second-order valence-electron chi connectivity index (χ2n) is 3.21. The second kappa shape index (κ2) is 2.70. The van der Waals surface area contributed by atoms with E-state index in [1.165, 1.54) is 5.56 Å². The normalized spacial score (nSPS) is 20.0. The molecule has 2 rings (SSSR count). The number of benzene rings is 1. The third-order valence-corrected chi connectivity index (χ3v) is 2.18. The van der Waals surface area contributed by atoms with E-state index in [2.05, 4.69) is 18.3 Å². The summed E-state index contributed by atoms with van der Waals surface area (Å²) in [5.41, 5.74) is 2.47. The van der Waals surface area contributed by atoms with Crippen molar-refractivity contribution >= 4 is 5.69 Å². The fourth-order valence-electron chi connectivity index (χ4n) is 1.58. The molecule has 2 heteroatoms. The van der Waals surface area contributed by atoms with Crippen LogP contribution in [0.15, 0.2) is 18.2 Å². The topological polar surface area (TPSA) is 21.3 Å². The Morgan fingerprint density at radius 3 is 3.08 bits per heavy atom. The summed E-state index contributed by atoms with van der Waals surface area (Å²) in [6, 6.07) is 6.22. The van der Waals surface area contributed by atoms with Crippen molar-refractivity contribution in [3.63, 3.8) is 0 Å². The van der Waals surface area contributed by atoms with Gasteiger partial charge in [-0.15, -0.1) is 0 Å². The Labute approximate surface area is 72.5 Å². The number of fused-ring (bicyclic) bond motifs is 1. The summed E-state index contributed by atoms with van der Waals surface area (Å²) < 4.78 is 5.58. The lowest BCUT2D eigenvalue weighted by molar-refractivity contribution is 0.254. The zero-order valence-corrected chi connectivity index (χ0v) is 7.42. The summed E-state index contributed by atoms with van der Waals surface area (Å²) in [5.74, 6) is 1.04. The van der Waals surface area contributed by atoms with Gasteiger partial charge in [-0.3, -0.25) is 0 Å². The summed E-state index contributed by atoms with van der Waals surface area (Å²) in [7, 11) is 1.93. The van der Waals surface area contributed by atoms with Gasteiger partial charge in [0.2, 0.25) is 0 Å². The Hall–Kier alpha value is -1.18. The number of ether oxygens (including phenoxy) is 1. The second-order valence-corrected chi connectivity index (χ2v) is 3.21. The average Bonchev–Trinajstić information content (AvgIpc) is 2.43. The van der Waals surface area contributed by atoms with Gasteiger partial charge in [0.05, 0.1) is 0 Å². The highest BCUT2D eigenvalue weighted by Crippen LogP contribution is 2.30. The summed E-state index contributed by atoms with van der Waals surface area (Å²) in [5, 5.41) is 3.12. The molecule has 1 heterocycles. The van der Waals surface area contributed by atoms with Crippen molar-refractivity contribution < 1.29 is 4.74 Å². The van der Waals surface area contributed by atoms with Gasteiger partial charge in [-0.05, 0) is 30.7 Å². The van der Waals surface area contributed by atoms with E-state index < -0.39 is 0 Å². The molecule has 0 spiro atoms. The first-order chi connectivity index (χ1) is 5.79. The lowest BCUT2D eigenvalue weighted by Gasteiger charge is -2.03. The number of hydrogen-bond acceptors (Lipinski definition) is 2. The molecule has 1 atom stereocenters. The van der Waals surface area contributed by atoms with E-state index >= 15 is 0 Å². The Kier molecular flexibility index (Phi) is 1.68. The molecule has 1 aromatic carbocycles. The Morgan fingerprint density at radius 1 is 1.50 bits per heavy atom. The van der Waals surface area contributed by atoms with Crippen LogP contribution in [-0.2, 0) is 6.42 Å². The van der Waals surface area contributed by atoms with E-state index in [0.717, 1.165) is 17.9 Å². The fraction of sp³-hybridized carbons (Fsp3) is 0.400. The van der Waals surface area contributed by atoms with Gasteiger partial charge in [-0.25, -0.2) is 0 Å². The van der Waals surface area contributed by atoms with Gasteiger partial charge in [0.1, 0.15) is 11.9 Å². The van der Waals surface area contributed by atoms with Crippen LogP contribution in [0.25, 0.3) is 0 Å². The monoisotopic (exact) mass is 163 g/mol. The molecule has 1 aromatic rings. The highest BCUT2D eigenvalue weighted by molar-refractivity contribution is 5.52. The summed E-state index contributed by atoms with van der Waals surface area (Å²) in [4.78, 5) is 0. The highest BCUT2D eigenvalue weighted by atomic mass is 16.5. The van der Waals surface area contributed by atoms with E-state index in [-0.39, 0.29) is 0 Å². The van der Waals surface area contributed by atoms with Crippen molar-refractivity contribution in [2.24, 2.45) is 0 Å². The van der Waals surface area contributed by atoms with Crippen molar-refractivity contribution in [1.82, 2.24) is 0 Å². The van der Waals surface area contributed by atoms with Crippen molar-refractivity contribution in [1.29, 1.82) is 0 Å². The van der Waals surface area contributed by atoms with Crippen molar-refractivity contribution in [2.75, 3.05) is 12.4 Å². The van der Waals surface area contributed by atoms with Crippen LogP contribution in [-0.4, -0.2) is 13.2 Å². The minimum absolute atomic E-state index is 0.340. The smallest absolute Gasteiger partial charge is 0.123 e. The molecule has 0 bridgehead atoms. The lowest BCUT2D eigenvalue weighted by Crippen LogP contribution is -2.05. The first-order valence-electron chi connectivity index (χ1n) is 4.27. The van der Waals surface area contributed by atoms with E-state index in [9.17, 15) is 0 Å². The molecule has 0 radical (unpaired) electrons. The number of anilines is 1. The molecule has 1 N–H and O–H groups in total. The molecular weight excluding hydrogens is 150 g/mol. The fourth-order valence-corrected chi connectivity index (χ4v) is 1.58. The minimum atomic E-state index is 0.340. The predicted molar refractivity (Wildman–Crippen MR) is 49.8 cm³/mol. The van der Waals surface area contributed by atoms with Gasteiger partial charge in [-0.2, -0.15) is 0 Å². The minimum Gasteiger partial charge on any atom is -0.490 e. The van der Waals surface area contributed by atoms with Crippen LogP contribution in [0.1, 0.15) is 12.5 Å². The van der Waals surface area contributed by atoms with E-state index in [1.807, 2.05) is 19.2 Å². The molecular formula is C10H13NO. The molecule has 0 amide bonds. The average molecular weight is 163 g/mol. The molecule has 0 saturated carbocycles. The maximum Gasteiger partial charge on any atom is 0.123 e. The van der Waals surface area contributed by atoms with Crippen LogP contribution in [0.3, 0.4) is 0 Å². The quantitative estimate of drug-likeness (QED) is 0.684. The molecule has 0 fully saturated rings. The molecule has 0 saturated heterocycles. The summed E-state index contributed by atoms with van der Waals surface area (Å²) in [6.07, 6.45) is 1.37. The summed E-state index contributed by atoms with van der Waals surface area (Å²) >= 11 is 0. The van der Waals surface area contributed by atoms with Crippen LogP contribution in [0.2, 0.25) is 0 Å². The Bertz CT molecular complexity index is 296. The van der Waals surface area contributed by atoms with Crippen molar-refractivity contribution in [3.05, 3.63) is 23.8 Å².